The molecule has 2 rings (SSSR count). The van der Waals surface area contributed by atoms with Crippen LogP contribution in [-0.2, 0) is 11.3 Å². The average Bonchev–Trinajstić information content (AvgIpc) is 3.03. The van der Waals surface area contributed by atoms with Crippen molar-refractivity contribution in [2.75, 3.05) is 11.9 Å². The molecule has 0 saturated heterocycles. The molecule has 23 heavy (non-hydrogen) atoms. The standard InChI is InChI=1S/C16H24N6O/c1-2-22-16(19-20-21-22)13-8-7-9-14(12-13)18-15(23)10-5-3-4-6-11-17/h7-9,12H,2-6,10-11,17H2,1H3,(H,18,23). The van der Waals surface area contributed by atoms with Gasteiger partial charge in [0.2, 0.25) is 5.91 Å². The van der Waals surface area contributed by atoms with Gasteiger partial charge in [-0.15, -0.1) is 5.10 Å². The van der Waals surface area contributed by atoms with Crippen molar-refractivity contribution in [1.82, 2.24) is 20.2 Å². The quantitative estimate of drug-likeness (QED) is 0.691. The number of hydrogen-bond acceptors (Lipinski definition) is 5. The second kappa shape index (κ2) is 8.99. The molecule has 7 heteroatoms. The number of aryl methyl sites for hydroxylation is 1. The molecular formula is C16H24N6O. The van der Waals surface area contributed by atoms with Crippen molar-refractivity contribution in [3.8, 4) is 11.4 Å². The van der Waals surface area contributed by atoms with E-state index in [4.69, 9.17) is 5.73 Å². The molecule has 1 aromatic heterocycles. The fourth-order valence-electron chi connectivity index (χ4n) is 2.37. The number of nitrogens with zero attached hydrogens (tertiary/aromatic N) is 4. The molecule has 0 aliphatic carbocycles. The van der Waals surface area contributed by atoms with Gasteiger partial charge in [-0.2, -0.15) is 0 Å². The highest BCUT2D eigenvalue weighted by atomic mass is 16.1. The highest BCUT2D eigenvalue weighted by molar-refractivity contribution is 5.91. The molecule has 0 bridgehead atoms. The number of aromatic nitrogens is 4. The smallest absolute Gasteiger partial charge is 0.224 e. The Morgan fingerprint density at radius 2 is 2.09 bits per heavy atom. The number of tetrazole rings is 1. The normalized spacial score (nSPS) is 10.7. The first-order valence-corrected chi connectivity index (χ1v) is 8.11. The molecule has 1 aromatic carbocycles. The van der Waals surface area contributed by atoms with E-state index < -0.39 is 0 Å². The number of carbonyl (C=O) groups is 1. The van der Waals surface area contributed by atoms with Gasteiger partial charge in [0.1, 0.15) is 0 Å². The van der Waals surface area contributed by atoms with Gasteiger partial charge in [0.25, 0.3) is 0 Å². The van der Waals surface area contributed by atoms with Gasteiger partial charge in [0.15, 0.2) is 5.82 Å². The van der Waals surface area contributed by atoms with Gasteiger partial charge in [-0.25, -0.2) is 4.68 Å². The number of amides is 1. The van der Waals surface area contributed by atoms with Gasteiger partial charge in [-0.3, -0.25) is 4.79 Å². The van der Waals surface area contributed by atoms with Gasteiger partial charge in [-0.1, -0.05) is 25.0 Å². The second-order valence-corrected chi connectivity index (χ2v) is 5.40. The van der Waals surface area contributed by atoms with E-state index in [1.165, 1.54) is 0 Å². The Bertz CT molecular complexity index is 625. The molecule has 0 atom stereocenters. The molecule has 0 aliphatic rings. The summed E-state index contributed by atoms with van der Waals surface area (Å²) in [4.78, 5) is 12.0. The first kappa shape index (κ1) is 17.1. The number of benzene rings is 1. The van der Waals surface area contributed by atoms with Crippen molar-refractivity contribution in [2.24, 2.45) is 5.73 Å². The van der Waals surface area contributed by atoms with E-state index in [2.05, 4.69) is 20.8 Å². The summed E-state index contributed by atoms with van der Waals surface area (Å²) in [5.74, 6) is 0.732. The van der Waals surface area contributed by atoms with Crippen molar-refractivity contribution in [3.63, 3.8) is 0 Å². The van der Waals surface area contributed by atoms with Crippen LogP contribution in [0.15, 0.2) is 24.3 Å². The fraction of sp³-hybridized carbons (Fsp3) is 0.500. The van der Waals surface area contributed by atoms with Gasteiger partial charge in [0.05, 0.1) is 0 Å². The summed E-state index contributed by atoms with van der Waals surface area (Å²) in [6.07, 6.45) is 4.56. The van der Waals surface area contributed by atoms with E-state index in [1.807, 2.05) is 31.2 Å². The first-order chi connectivity index (χ1) is 11.2. The Hall–Kier alpha value is -2.28. The molecule has 0 unspecified atom stereocenters. The first-order valence-electron chi connectivity index (χ1n) is 8.11. The maximum absolute atomic E-state index is 12.0. The van der Waals surface area contributed by atoms with E-state index in [1.54, 1.807) is 4.68 Å². The molecule has 3 N–H and O–H groups in total. The largest absolute Gasteiger partial charge is 0.330 e. The molecule has 7 nitrogen and oxygen atoms in total. The summed E-state index contributed by atoms with van der Waals surface area (Å²) in [6, 6.07) is 7.58. The number of anilines is 1. The Balaban J connectivity index is 1.91. The second-order valence-electron chi connectivity index (χ2n) is 5.40. The van der Waals surface area contributed by atoms with Crippen molar-refractivity contribution in [1.29, 1.82) is 0 Å². The van der Waals surface area contributed by atoms with Crippen molar-refractivity contribution in [3.05, 3.63) is 24.3 Å². The molecule has 1 heterocycles. The van der Waals surface area contributed by atoms with Crippen molar-refractivity contribution < 1.29 is 4.79 Å². The highest BCUT2D eigenvalue weighted by Gasteiger charge is 2.09. The maximum atomic E-state index is 12.0. The zero-order valence-corrected chi connectivity index (χ0v) is 13.5. The summed E-state index contributed by atoms with van der Waals surface area (Å²) >= 11 is 0. The van der Waals surface area contributed by atoms with Gasteiger partial charge in [0, 0.05) is 24.2 Å². The Labute approximate surface area is 136 Å². The lowest BCUT2D eigenvalue weighted by Gasteiger charge is -2.07. The number of nitrogens with two attached hydrogens (primary N) is 1. The van der Waals surface area contributed by atoms with Crippen LogP contribution in [0.1, 0.15) is 39.0 Å². The van der Waals surface area contributed by atoms with Crippen LogP contribution in [-0.4, -0.2) is 32.7 Å². The zero-order valence-electron chi connectivity index (χ0n) is 13.5. The van der Waals surface area contributed by atoms with E-state index in [0.29, 0.717) is 18.8 Å². The van der Waals surface area contributed by atoms with Crippen LogP contribution in [0.5, 0.6) is 0 Å². The lowest BCUT2D eigenvalue weighted by molar-refractivity contribution is -0.116. The van der Waals surface area contributed by atoms with Crippen LogP contribution in [0.3, 0.4) is 0 Å². The Kier molecular flexibility index (Phi) is 6.68. The fourth-order valence-corrected chi connectivity index (χ4v) is 2.37. The summed E-state index contributed by atoms with van der Waals surface area (Å²) in [6.45, 7) is 3.40. The van der Waals surface area contributed by atoms with Gasteiger partial charge < -0.3 is 11.1 Å². The predicted octanol–water partition coefficient (Wildman–Crippen LogP) is 2.21. The lowest BCUT2D eigenvalue weighted by Crippen LogP contribution is -2.11. The highest BCUT2D eigenvalue weighted by Crippen LogP contribution is 2.20. The molecule has 2 aromatic rings. The number of nitrogens with one attached hydrogen (secondary N) is 1. The summed E-state index contributed by atoms with van der Waals surface area (Å²) < 4.78 is 1.72. The third-order valence-electron chi connectivity index (χ3n) is 3.59. The number of carbonyl (C=O) groups excluding carboxylic acids is 1. The van der Waals surface area contributed by atoms with E-state index in [9.17, 15) is 4.79 Å². The van der Waals surface area contributed by atoms with Crippen molar-refractivity contribution in [2.45, 2.75) is 45.6 Å². The van der Waals surface area contributed by atoms with E-state index in [0.717, 1.165) is 43.5 Å². The zero-order chi connectivity index (χ0) is 16.5. The number of hydrogen-bond donors (Lipinski definition) is 2. The predicted molar refractivity (Wildman–Crippen MR) is 89.7 cm³/mol. The third kappa shape index (κ3) is 5.14. The Morgan fingerprint density at radius 3 is 2.87 bits per heavy atom. The molecular weight excluding hydrogens is 292 g/mol. The van der Waals surface area contributed by atoms with E-state index in [-0.39, 0.29) is 5.91 Å². The van der Waals surface area contributed by atoms with E-state index >= 15 is 0 Å². The monoisotopic (exact) mass is 316 g/mol. The minimum Gasteiger partial charge on any atom is -0.330 e. The summed E-state index contributed by atoms with van der Waals surface area (Å²) in [7, 11) is 0. The molecule has 124 valence electrons. The molecule has 0 aliphatic heterocycles. The Morgan fingerprint density at radius 1 is 1.26 bits per heavy atom. The lowest BCUT2D eigenvalue weighted by atomic mass is 10.1. The molecule has 0 spiro atoms. The summed E-state index contributed by atoms with van der Waals surface area (Å²) in [5, 5.41) is 14.6. The van der Waals surface area contributed by atoms with Gasteiger partial charge in [-0.05, 0) is 48.9 Å². The van der Waals surface area contributed by atoms with Crippen LogP contribution in [0, 0.1) is 0 Å². The average molecular weight is 316 g/mol. The van der Waals surface area contributed by atoms with Crippen molar-refractivity contribution >= 4 is 11.6 Å². The van der Waals surface area contributed by atoms with Gasteiger partial charge >= 0.3 is 0 Å². The minimum atomic E-state index is 0.0324. The van der Waals surface area contributed by atoms with Crippen LogP contribution >= 0.6 is 0 Å². The molecule has 0 saturated carbocycles. The maximum Gasteiger partial charge on any atom is 0.224 e. The van der Waals surface area contributed by atoms with Crippen LogP contribution in [0.25, 0.3) is 11.4 Å². The summed E-state index contributed by atoms with van der Waals surface area (Å²) in [5.41, 5.74) is 7.10. The molecule has 0 radical (unpaired) electrons. The number of unbranched alkanes of at least 4 members (excludes halogenated alkanes) is 3. The van der Waals surface area contributed by atoms with Crippen LogP contribution in [0.2, 0.25) is 0 Å². The minimum absolute atomic E-state index is 0.0324. The SMILES string of the molecule is CCn1nnnc1-c1cccc(NC(=O)CCCCCCN)c1. The van der Waals surface area contributed by atoms with Crippen LogP contribution < -0.4 is 11.1 Å². The number of rotatable bonds is 9. The molecule has 0 fully saturated rings. The molecule has 1 amide bonds. The van der Waals surface area contributed by atoms with Crippen LogP contribution in [0.4, 0.5) is 5.69 Å². The topological polar surface area (TPSA) is 98.7 Å². The third-order valence-corrected chi connectivity index (χ3v) is 3.59.